The lowest BCUT2D eigenvalue weighted by Crippen LogP contribution is -2.16. The third kappa shape index (κ3) is 7.38. The van der Waals surface area contributed by atoms with Gasteiger partial charge in [-0.1, -0.05) is 136 Å². The number of fused-ring (bicyclic) bond motifs is 4. The van der Waals surface area contributed by atoms with Gasteiger partial charge in [0, 0.05) is 35.7 Å². The fourth-order valence-electron chi connectivity index (χ4n) is 8.07. The number of rotatable bonds is 8. The second kappa shape index (κ2) is 16.3. The largest absolute Gasteiger partial charge is 0.382 e. The Morgan fingerprint density at radius 2 is 1.63 bits per heavy atom. The number of hydrogen-bond acceptors (Lipinski definition) is 1. The van der Waals surface area contributed by atoms with Gasteiger partial charge in [0.15, 0.2) is 0 Å². The van der Waals surface area contributed by atoms with Crippen LogP contribution >= 0.6 is 0 Å². The summed E-state index contributed by atoms with van der Waals surface area (Å²) in [5, 5.41) is 6.29. The predicted octanol–water partition coefficient (Wildman–Crippen LogP) is 13.8. The lowest BCUT2D eigenvalue weighted by molar-refractivity contribution is 0.659. The number of anilines is 1. The average molecular weight is 703 g/mol. The SMILES string of the molecule is C/C=C1\C(=C/CNc2ccccc2)C(C)(C)c2cc(-c3cc4ccccc4c4c3C=CCC4)ccc21.C=C/C=C(\C=C/C)c1cccc(-n2cccc2)c1. The van der Waals surface area contributed by atoms with Gasteiger partial charge in [-0.2, -0.15) is 0 Å². The molecule has 0 bridgehead atoms. The Morgan fingerprint density at radius 3 is 2.41 bits per heavy atom. The first-order valence-corrected chi connectivity index (χ1v) is 19.1. The van der Waals surface area contributed by atoms with Gasteiger partial charge in [0.05, 0.1) is 0 Å². The van der Waals surface area contributed by atoms with E-state index in [9.17, 15) is 0 Å². The highest BCUT2D eigenvalue weighted by molar-refractivity contribution is 5.97. The fourth-order valence-corrected chi connectivity index (χ4v) is 8.07. The number of hydrogen-bond donors (Lipinski definition) is 1. The topological polar surface area (TPSA) is 17.0 Å². The monoisotopic (exact) mass is 702 g/mol. The maximum absolute atomic E-state index is 3.77. The fraction of sp³-hybridized carbons (Fsp3) is 0.154. The highest BCUT2D eigenvalue weighted by atomic mass is 14.9. The molecule has 2 aliphatic rings. The van der Waals surface area contributed by atoms with E-state index in [1.54, 1.807) is 0 Å². The van der Waals surface area contributed by atoms with Crippen LogP contribution in [0.4, 0.5) is 5.69 Å². The highest BCUT2D eigenvalue weighted by Crippen LogP contribution is 2.51. The first-order valence-electron chi connectivity index (χ1n) is 19.1. The molecule has 8 rings (SSSR count). The molecule has 5 aromatic carbocycles. The Morgan fingerprint density at radius 1 is 0.833 bits per heavy atom. The molecule has 1 aromatic heterocycles. The second-order valence-corrected chi connectivity index (χ2v) is 14.4. The first-order chi connectivity index (χ1) is 26.4. The van der Waals surface area contributed by atoms with Crippen LogP contribution in [-0.4, -0.2) is 11.1 Å². The molecule has 1 N–H and O–H groups in total. The van der Waals surface area contributed by atoms with Gasteiger partial charge in [-0.3, -0.25) is 0 Å². The second-order valence-electron chi connectivity index (χ2n) is 14.4. The van der Waals surface area contributed by atoms with E-state index in [0.29, 0.717) is 0 Å². The molecule has 1 heterocycles. The van der Waals surface area contributed by atoms with E-state index in [0.717, 1.165) is 30.8 Å². The van der Waals surface area contributed by atoms with Gasteiger partial charge in [0.1, 0.15) is 0 Å². The van der Waals surface area contributed by atoms with Gasteiger partial charge in [-0.25, -0.2) is 0 Å². The van der Waals surface area contributed by atoms with Crippen molar-refractivity contribution in [3.8, 4) is 16.8 Å². The third-order valence-corrected chi connectivity index (χ3v) is 10.7. The Balaban J connectivity index is 0.000000210. The molecular weight excluding hydrogens is 653 g/mol. The minimum Gasteiger partial charge on any atom is -0.382 e. The molecule has 0 saturated heterocycles. The number of benzene rings is 5. The van der Waals surface area contributed by atoms with Gasteiger partial charge < -0.3 is 9.88 Å². The van der Waals surface area contributed by atoms with Crippen molar-refractivity contribution in [3.05, 3.63) is 210 Å². The van der Waals surface area contributed by atoms with Gasteiger partial charge in [-0.15, -0.1) is 0 Å². The van der Waals surface area contributed by atoms with Crippen LogP contribution in [0.1, 0.15) is 61.9 Å². The Labute approximate surface area is 321 Å². The Kier molecular flexibility index (Phi) is 10.9. The van der Waals surface area contributed by atoms with E-state index in [1.807, 2.05) is 49.7 Å². The molecular formula is C52H50N2. The van der Waals surface area contributed by atoms with E-state index in [2.05, 4.69) is 171 Å². The van der Waals surface area contributed by atoms with Crippen LogP contribution in [0.25, 0.3) is 44.8 Å². The summed E-state index contributed by atoms with van der Waals surface area (Å²) in [6.45, 7) is 13.5. The molecule has 0 atom stereocenters. The lowest BCUT2D eigenvalue weighted by atomic mass is 9.80. The number of para-hydroxylation sites is 1. The van der Waals surface area contributed by atoms with Crippen LogP contribution in [0.15, 0.2) is 182 Å². The Bertz CT molecular complexity index is 2430. The van der Waals surface area contributed by atoms with E-state index < -0.39 is 0 Å². The quantitative estimate of drug-likeness (QED) is 0.156. The number of allylic oxidation sites excluding steroid dienone is 9. The van der Waals surface area contributed by atoms with Crippen molar-refractivity contribution in [2.75, 3.05) is 11.9 Å². The molecule has 0 fully saturated rings. The number of nitrogens with one attached hydrogen (secondary N) is 1. The van der Waals surface area contributed by atoms with Crippen LogP contribution in [-0.2, 0) is 11.8 Å². The summed E-state index contributed by atoms with van der Waals surface area (Å²) in [7, 11) is 0. The maximum Gasteiger partial charge on any atom is 0.0455 e. The van der Waals surface area contributed by atoms with Crippen molar-refractivity contribution >= 4 is 33.7 Å². The molecule has 2 nitrogen and oxygen atoms in total. The molecule has 268 valence electrons. The minimum atomic E-state index is -0.0572. The molecule has 0 radical (unpaired) electrons. The summed E-state index contributed by atoms with van der Waals surface area (Å²) in [6, 6.07) is 41.3. The van der Waals surface area contributed by atoms with Crippen molar-refractivity contribution in [1.29, 1.82) is 0 Å². The first kappa shape index (κ1) is 36.2. The highest BCUT2D eigenvalue weighted by Gasteiger charge is 2.38. The zero-order valence-electron chi connectivity index (χ0n) is 32.0. The van der Waals surface area contributed by atoms with Gasteiger partial charge in [-0.05, 0) is 142 Å². The molecule has 0 spiro atoms. The normalized spacial score (nSPS) is 16.0. The summed E-state index contributed by atoms with van der Waals surface area (Å²) in [5.74, 6) is 0. The zero-order chi connectivity index (χ0) is 37.5. The molecule has 0 amide bonds. The molecule has 2 aliphatic carbocycles. The van der Waals surface area contributed by atoms with Crippen molar-refractivity contribution in [1.82, 2.24) is 4.57 Å². The molecule has 54 heavy (non-hydrogen) atoms. The summed E-state index contributed by atoms with van der Waals surface area (Å²) < 4.78 is 2.10. The average Bonchev–Trinajstić information content (AvgIpc) is 3.83. The lowest BCUT2D eigenvalue weighted by Gasteiger charge is -2.24. The summed E-state index contributed by atoms with van der Waals surface area (Å²) >= 11 is 0. The van der Waals surface area contributed by atoms with E-state index >= 15 is 0 Å². The van der Waals surface area contributed by atoms with Gasteiger partial charge in [0.2, 0.25) is 0 Å². The van der Waals surface area contributed by atoms with Crippen LogP contribution < -0.4 is 5.32 Å². The molecule has 0 saturated carbocycles. The number of aryl methyl sites for hydroxylation is 1. The van der Waals surface area contributed by atoms with Crippen molar-refractivity contribution in [2.24, 2.45) is 0 Å². The maximum atomic E-state index is 3.77. The van der Waals surface area contributed by atoms with Gasteiger partial charge in [0.25, 0.3) is 0 Å². The summed E-state index contributed by atoms with van der Waals surface area (Å²) in [5.41, 5.74) is 15.7. The van der Waals surface area contributed by atoms with E-state index in [-0.39, 0.29) is 5.41 Å². The molecule has 0 aliphatic heterocycles. The third-order valence-electron chi connectivity index (χ3n) is 10.7. The minimum absolute atomic E-state index is 0.0572. The van der Waals surface area contributed by atoms with Crippen LogP contribution in [0.2, 0.25) is 0 Å². The number of nitrogens with zero attached hydrogens (tertiary/aromatic N) is 1. The van der Waals surface area contributed by atoms with E-state index in [4.69, 9.17) is 0 Å². The molecule has 0 unspecified atom stereocenters. The van der Waals surface area contributed by atoms with E-state index in [1.165, 1.54) is 66.4 Å². The van der Waals surface area contributed by atoms with Crippen molar-refractivity contribution < 1.29 is 0 Å². The van der Waals surface area contributed by atoms with Gasteiger partial charge >= 0.3 is 0 Å². The molecule has 6 aromatic rings. The van der Waals surface area contributed by atoms with Crippen molar-refractivity contribution in [2.45, 2.75) is 46.0 Å². The van der Waals surface area contributed by atoms with Crippen LogP contribution in [0.5, 0.6) is 0 Å². The smallest absolute Gasteiger partial charge is 0.0455 e. The predicted molar refractivity (Wildman–Crippen MR) is 235 cm³/mol. The van der Waals surface area contributed by atoms with Crippen LogP contribution in [0.3, 0.4) is 0 Å². The standard InChI is InChI=1S/C35H33N.C17H17N/c1-4-27-31-19-18-25(32-22-24-12-8-9-15-28(24)29-16-10-11-17-30(29)32)23-34(31)35(2,3)33(27)20-21-36-26-13-6-5-7-14-26;1-3-8-15(9-4-2)16-10-7-11-17(14-16)18-12-5-6-13-18/h4-9,11-15,17-20,22-23,36H,10,16,21H2,1-3H3;3-14H,1H2,2H3/b27-4-,33-20+;9-4-,15-8+. The Hall–Kier alpha value is -6.12. The zero-order valence-corrected chi connectivity index (χ0v) is 32.0. The molecule has 2 heteroatoms. The van der Waals surface area contributed by atoms with Crippen LogP contribution in [0, 0.1) is 0 Å². The van der Waals surface area contributed by atoms with Crippen molar-refractivity contribution in [3.63, 3.8) is 0 Å². The number of aromatic nitrogens is 1. The summed E-state index contributed by atoms with van der Waals surface area (Å²) in [6.07, 6.45) is 23.6. The summed E-state index contributed by atoms with van der Waals surface area (Å²) in [4.78, 5) is 0.